The predicted octanol–water partition coefficient (Wildman–Crippen LogP) is -1.48. The lowest BCUT2D eigenvalue weighted by Crippen LogP contribution is -2.47. The highest BCUT2D eigenvalue weighted by Gasteiger charge is 2.22. The van der Waals surface area contributed by atoms with Crippen molar-refractivity contribution in [1.29, 1.82) is 0 Å². The highest BCUT2D eigenvalue weighted by molar-refractivity contribution is 5.79. The zero-order chi connectivity index (χ0) is 9.84. The van der Waals surface area contributed by atoms with E-state index in [0.29, 0.717) is 12.6 Å². The van der Waals surface area contributed by atoms with Crippen LogP contribution in [0.2, 0.25) is 0 Å². The number of ether oxygens (including phenoxy) is 1. The second-order valence-corrected chi connectivity index (χ2v) is 3.47. The molecule has 0 aromatic rings. The van der Waals surface area contributed by atoms with E-state index in [1.807, 2.05) is 11.9 Å². The van der Waals surface area contributed by atoms with Crippen molar-refractivity contribution in [3.63, 3.8) is 0 Å². The number of nitrogens with zero attached hydrogens (tertiary/aromatic N) is 1. The Bertz CT molecular complexity index is 180. The van der Waals surface area contributed by atoms with Crippen molar-refractivity contribution in [3.8, 4) is 0 Å². The minimum atomic E-state index is -0.578. The van der Waals surface area contributed by atoms with Crippen LogP contribution in [-0.4, -0.2) is 49.7 Å². The Hall–Kier alpha value is -0.650. The van der Waals surface area contributed by atoms with Crippen LogP contribution in [0.25, 0.3) is 0 Å². The number of rotatable bonds is 4. The van der Waals surface area contributed by atoms with E-state index in [4.69, 9.17) is 16.2 Å². The molecule has 0 bridgehead atoms. The van der Waals surface area contributed by atoms with Crippen LogP contribution < -0.4 is 11.5 Å². The van der Waals surface area contributed by atoms with Gasteiger partial charge < -0.3 is 16.2 Å². The third-order valence-electron chi connectivity index (χ3n) is 2.38. The fourth-order valence-corrected chi connectivity index (χ4v) is 1.42. The predicted molar refractivity (Wildman–Crippen MR) is 49.0 cm³/mol. The molecule has 4 N–H and O–H groups in total. The number of carbonyl (C=O) groups excluding carboxylic acids is 1. The molecule has 76 valence electrons. The van der Waals surface area contributed by atoms with Gasteiger partial charge in [-0.25, -0.2) is 0 Å². The second kappa shape index (κ2) is 4.55. The summed E-state index contributed by atoms with van der Waals surface area (Å²) < 4.78 is 5.22. The average Bonchev–Trinajstić information content (AvgIpc) is 2.55. The third kappa shape index (κ3) is 2.95. The number of carbonyl (C=O) groups is 1. The zero-order valence-electron chi connectivity index (χ0n) is 7.90. The van der Waals surface area contributed by atoms with Crippen LogP contribution in [0.3, 0.4) is 0 Å². The van der Waals surface area contributed by atoms with Gasteiger partial charge >= 0.3 is 0 Å². The standard InChI is InChI=1S/C8H17N3O2/c1-11(4-7(9)8(10)12)6-2-3-13-5-6/h6-7H,2-5,9H2,1H3,(H2,10,12). The van der Waals surface area contributed by atoms with E-state index in [1.165, 1.54) is 0 Å². The Kier molecular flexibility index (Phi) is 3.65. The summed E-state index contributed by atoms with van der Waals surface area (Å²) in [5.41, 5.74) is 10.6. The molecule has 2 atom stereocenters. The fourth-order valence-electron chi connectivity index (χ4n) is 1.42. The SMILES string of the molecule is CN(CC(N)C(N)=O)C1CCOC1. The summed E-state index contributed by atoms with van der Waals surface area (Å²) in [4.78, 5) is 12.7. The number of primary amides is 1. The van der Waals surface area contributed by atoms with Crippen molar-refractivity contribution >= 4 is 5.91 Å². The monoisotopic (exact) mass is 187 g/mol. The first-order valence-corrected chi connectivity index (χ1v) is 4.44. The van der Waals surface area contributed by atoms with E-state index < -0.39 is 11.9 Å². The molecule has 5 nitrogen and oxygen atoms in total. The summed E-state index contributed by atoms with van der Waals surface area (Å²) in [6.45, 7) is 2.02. The molecule has 13 heavy (non-hydrogen) atoms. The Morgan fingerprint density at radius 3 is 2.92 bits per heavy atom. The number of amides is 1. The molecule has 1 saturated heterocycles. The maximum atomic E-state index is 10.7. The minimum absolute atomic E-state index is 0.380. The molecule has 5 heteroatoms. The smallest absolute Gasteiger partial charge is 0.235 e. The van der Waals surface area contributed by atoms with Crippen molar-refractivity contribution in [1.82, 2.24) is 4.90 Å². The van der Waals surface area contributed by atoms with E-state index >= 15 is 0 Å². The first kappa shape index (κ1) is 10.4. The average molecular weight is 187 g/mol. The Morgan fingerprint density at radius 1 is 1.77 bits per heavy atom. The number of hydrogen-bond acceptors (Lipinski definition) is 4. The molecule has 2 unspecified atom stereocenters. The maximum absolute atomic E-state index is 10.7. The van der Waals surface area contributed by atoms with Crippen LogP contribution in [0.15, 0.2) is 0 Å². The number of likely N-dealkylation sites (N-methyl/N-ethyl adjacent to an activating group) is 1. The van der Waals surface area contributed by atoms with Crippen LogP contribution in [-0.2, 0) is 9.53 Å². The van der Waals surface area contributed by atoms with Gasteiger partial charge in [0.15, 0.2) is 0 Å². The van der Waals surface area contributed by atoms with E-state index in [9.17, 15) is 4.79 Å². The second-order valence-electron chi connectivity index (χ2n) is 3.47. The van der Waals surface area contributed by atoms with Crippen LogP contribution in [0.4, 0.5) is 0 Å². The Balaban J connectivity index is 2.30. The molecule has 0 saturated carbocycles. The summed E-state index contributed by atoms with van der Waals surface area (Å²) in [5.74, 6) is -0.453. The molecular weight excluding hydrogens is 170 g/mol. The minimum Gasteiger partial charge on any atom is -0.380 e. The van der Waals surface area contributed by atoms with E-state index in [0.717, 1.165) is 19.6 Å². The largest absolute Gasteiger partial charge is 0.380 e. The third-order valence-corrected chi connectivity index (χ3v) is 2.38. The van der Waals surface area contributed by atoms with Gasteiger partial charge in [0, 0.05) is 19.2 Å². The number of hydrogen-bond donors (Lipinski definition) is 2. The topological polar surface area (TPSA) is 81.6 Å². The summed E-state index contributed by atoms with van der Waals surface area (Å²) in [5, 5.41) is 0. The van der Waals surface area contributed by atoms with Crippen molar-refractivity contribution in [3.05, 3.63) is 0 Å². The summed E-state index contributed by atoms with van der Waals surface area (Å²) >= 11 is 0. The molecule has 0 radical (unpaired) electrons. The first-order valence-electron chi connectivity index (χ1n) is 4.44. The van der Waals surface area contributed by atoms with Gasteiger partial charge in [-0.1, -0.05) is 0 Å². The van der Waals surface area contributed by atoms with Gasteiger partial charge in [-0.05, 0) is 13.5 Å². The molecular formula is C8H17N3O2. The summed E-state index contributed by atoms with van der Waals surface area (Å²) in [7, 11) is 1.93. The fraction of sp³-hybridized carbons (Fsp3) is 0.875. The molecule has 0 spiro atoms. The van der Waals surface area contributed by atoms with Crippen molar-refractivity contribution in [2.24, 2.45) is 11.5 Å². The molecule has 1 fully saturated rings. The lowest BCUT2D eigenvalue weighted by Gasteiger charge is -2.24. The van der Waals surface area contributed by atoms with Gasteiger partial charge in [0.05, 0.1) is 12.6 Å². The van der Waals surface area contributed by atoms with Gasteiger partial charge in [0.1, 0.15) is 0 Å². The summed E-state index contributed by atoms with van der Waals surface area (Å²) in [6.07, 6.45) is 1.00. The number of nitrogens with two attached hydrogens (primary N) is 2. The van der Waals surface area contributed by atoms with Gasteiger partial charge in [0.2, 0.25) is 5.91 Å². The lowest BCUT2D eigenvalue weighted by molar-refractivity contribution is -0.119. The van der Waals surface area contributed by atoms with Gasteiger partial charge in [-0.3, -0.25) is 9.69 Å². The van der Waals surface area contributed by atoms with E-state index in [1.54, 1.807) is 0 Å². The van der Waals surface area contributed by atoms with Gasteiger partial charge in [-0.2, -0.15) is 0 Å². The van der Waals surface area contributed by atoms with Gasteiger partial charge in [0.25, 0.3) is 0 Å². The first-order chi connectivity index (χ1) is 6.11. The highest BCUT2D eigenvalue weighted by atomic mass is 16.5. The molecule has 0 aromatic carbocycles. The molecule has 1 aliphatic heterocycles. The van der Waals surface area contributed by atoms with Crippen LogP contribution in [0.5, 0.6) is 0 Å². The molecule has 1 aliphatic rings. The normalized spacial score (nSPS) is 25.0. The zero-order valence-corrected chi connectivity index (χ0v) is 7.90. The maximum Gasteiger partial charge on any atom is 0.235 e. The van der Waals surface area contributed by atoms with Gasteiger partial charge in [-0.15, -0.1) is 0 Å². The Labute approximate surface area is 78.0 Å². The molecule has 1 rings (SSSR count). The van der Waals surface area contributed by atoms with Crippen LogP contribution in [0, 0.1) is 0 Å². The molecule has 0 aliphatic carbocycles. The van der Waals surface area contributed by atoms with Crippen LogP contribution in [0.1, 0.15) is 6.42 Å². The lowest BCUT2D eigenvalue weighted by atomic mass is 10.2. The molecule has 1 heterocycles. The van der Waals surface area contributed by atoms with Crippen molar-refractivity contribution < 1.29 is 9.53 Å². The molecule has 0 aromatic heterocycles. The quantitative estimate of drug-likeness (QED) is 0.562. The molecule has 1 amide bonds. The Morgan fingerprint density at radius 2 is 2.46 bits per heavy atom. The highest BCUT2D eigenvalue weighted by Crippen LogP contribution is 2.10. The van der Waals surface area contributed by atoms with Crippen molar-refractivity contribution in [2.75, 3.05) is 26.8 Å². The van der Waals surface area contributed by atoms with Crippen LogP contribution >= 0.6 is 0 Å². The van der Waals surface area contributed by atoms with E-state index in [2.05, 4.69) is 0 Å². The van der Waals surface area contributed by atoms with Crippen molar-refractivity contribution in [2.45, 2.75) is 18.5 Å². The van der Waals surface area contributed by atoms with E-state index in [-0.39, 0.29) is 0 Å². The summed E-state index contributed by atoms with van der Waals surface area (Å²) in [6, 6.07) is -0.198.